The smallest absolute Gasteiger partial charge is 0.274 e. The Bertz CT molecular complexity index is 835. The van der Waals surface area contributed by atoms with Gasteiger partial charge < -0.3 is 10.6 Å². The molecule has 0 spiro atoms. The van der Waals surface area contributed by atoms with Crippen LogP contribution in [0.2, 0.25) is 5.02 Å². The summed E-state index contributed by atoms with van der Waals surface area (Å²) >= 11 is 5.85. The number of amides is 1. The van der Waals surface area contributed by atoms with E-state index < -0.39 is 0 Å². The molecule has 1 aromatic heterocycles. The molecule has 0 aliphatic heterocycles. The van der Waals surface area contributed by atoms with Gasteiger partial charge in [-0.2, -0.15) is 0 Å². The van der Waals surface area contributed by atoms with Crippen molar-refractivity contribution >= 4 is 28.9 Å². The Kier molecular flexibility index (Phi) is 5.65. The minimum atomic E-state index is -0.256. The Hall–Kier alpha value is -2.85. The standard InChI is InChI=1S/C20H18ClN3O/c21-16-6-8-17(9-7-16)24-20(25)19-14-18(11-13-23-19)22-12-10-15-4-2-1-3-5-15/h1-9,11,13-14H,10,12H2,(H,22,23)(H,24,25). The number of rotatable bonds is 6. The van der Waals surface area contributed by atoms with Crippen molar-refractivity contribution in [2.75, 3.05) is 17.2 Å². The molecule has 0 unspecified atom stereocenters. The molecule has 0 saturated heterocycles. The summed E-state index contributed by atoms with van der Waals surface area (Å²) in [5, 5.41) is 6.75. The van der Waals surface area contributed by atoms with E-state index in [0.29, 0.717) is 16.4 Å². The first-order valence-electron chi connectivity index (χ1n) is 8.01. The molecule has 0 aliphatic carbocycles. The molecule has 126 valence electrons. The van der Waals surface area contributed by atoms with Gasteiger partial charge in [-0.15, -0.1) is 0 Å². The largest absolute Gasteiger partial charge is 0.385 e. The van der Waals surface area contributed by atoms with Crippen LogP contribution in [0.5, 0.6) is 0 Å². The molecule has 3 aromatic rings. The van der Waals surface area contributed by atoms with Gasteiger partial charge in [0.2, 0.25) is 0 Å². The maximum atomic E-state index is 12.3. The second-order valence-electron chi connectivity index (χ2n) is 5.55. The van der Waals surface area contributed by atoms with Gasteiger partial charge in [0.25, 0.3) is 5.91 Å². The zero-order valence-corrected chi connectivity index (χ0v) is 14.3. The van der Waals surface area contributed by atoms with Crippen molar-refractivity contribution in [2.45, 2.75) is 6.42 Å². The summed E-state index contributed by atoms with van der Waals surface area (Å²) in [6, 6.07) is 20.8. The minimum absolute atomic E-state index is 0.256. The van der Waals surface area contributed by atoms with Crippen LogP contribution in [0.1, 0.15) is 16.1 Å². The molecule has 0 atom stereocenters. The van der Waals surface area contributed by atoms with Crippen molar-refractivity contribution in [1.29, 1.82) is 0 Å². The summed E-state index contributed by atoms with van der Waals surface area (Å²) in [6.07, 6.45) is 2.54. The minimum Gasteiger partial charge on any atom is -0.385 e. The molecule has 5 heteroatoms. The van der Waals surface area contributed by atoms with Gasteiger partial charge in [-0.1, -0.05) is 41.9 Å². The highest BCUT2D eigenvalue weighted by Crippen LogP contribution is 2.15. The fraction of sp³-hybridized carbons (Fsp3) is 0.100. The van der Waals surface area contributed by atoms with Gasteiger partial charge >= 0.3 is 0 Å². The van der Waals surface area contributed by atoms with E-state index >= 15 is 0 Å². The number of nitrogens with one attached hydrogen (secondary N) is 2. The topological polar surface area (TPSA) is 54.0 Å². The molecule has 4 nitrogen and oxygen atoms in total. The van der Waals surface area contributed by atoms with E-state index in [4.69, 9.17) is 11.6 Å². The van der Waals surface area contributed by atoms with Gasteiger partial charge in [0.15, 0.2) is 0 Å². The van der Waals surface area contributed by atoms with Gasteiger partial charge in [-0.25, -0.2) is 0 Å². The van der Waals surface area contributed by atoms with Gasteiger partial charge in [-0.3, -0.25) is 9.78 Å². The third-order valence-corrected chi connectivity index (χ3v) is 3.93. The lowest BCUT2D eigenvalue weighted by Crippen LogP contribution is -2.14. The van der Waals surface area contributed by atoms with E-state index in [2.05, 4.69) is 27.8 Å². The van der Waals surface area contributed by atoms with Crippen LogP contribution in [-0.4, -0.2) is 17.4 Å². The zero-order valence-electron chi connectivity index (χ0n) is 13.6. The highest BCUT2D eigenvalue weighted by molar-refractivity contribution is 6.30. The first-order chi connectivity index (χ1) is 12.2. The van der Waals surface area contributed by atoms with Crippen LogP contribution in [0.3, 0.4) is 0 Å². The quantitative estimate of drug-likeness (QED) is 0.680. The lowest BCUT2D eigenvalue weighted by Gasteiger charge is -2.09. The Morgan fingerprint density at radius 2 is 1.72 bits per heavy atom. The number of benzene rings is 2. The molecule has 0 fully saturated rings. The molecule has 0 bridgehead atoms. The average molecular weight is 352 g/mol. The van der Waals surface area contributed by atoms with E-state index in [1.54, 1.807) is 36.5 Å². The molecule has 25 heavy (non-hydrogen) atoms. The molecule has 0 aliphatic rings. The molecule has 2 N–H and O–H groups in total. The van der Waals surface area contributed by atoms with Crippen molar-refractivity contribution in [3.8, 4) is 0 Å². The zero-order chi connectivity index (χ0) is 17.5. The Balaban J connectivity index is 1.58. The molecular weight excluding hydrogens is 334 g/mol. The monoisotopic (exact) mass is 351 g/mol. The number of anilines is 2. The van der Waals surface area contributed by atoms with E-state index in [9.17, 15) is 4.79 Å². The SMILES string of the molecule is O=C(Nc1ccc(Cl)cc1)c1cc(NCCc2ccccc2)ccn1. The number of hydrogen-bond acceptors (Lipinski definition) is 3. The highest BCUT2D eigenvalue weighted by atomic mass is 35.5. The second kappa shape index (κ2) is 8.31. The van der Waals surface area contributed by atoms with E-state index in [0.717, 1.165) is 18.7 Å². The van der Waals surface area contributed by atoms with E-state index in [1.165, 1.54) is 5.56 Å². The van der Waals surface area contributed by atoms with Gasteiger partial charge in [-0.05, 0) is 48.4 Å². The van der Waals surface area contributed by atoms with Crippen molar-refractivity contribution in [3.05, 3.63) is 89.2 Å². The number of hydrogen-bond donors (Lipinski definition) is 2. The summed E-state index contributed by atoms with van der Waals surface area (Å²) in [5.41, 5.74) is 3.18. The predicted molar refractivity (Wildman–Crippen MR) is 102 cm³/mol. The highest BCUT2D eigenvalue weighted by Gasteiger charge is 2.08. The number of aromatic nitrogens is 1. The molecule has 1 amide bonds. The molecule has 2 aromatic carbocycles. The van der Waals surface area contributed by atoms with E-state index in [1.807, 2.05) is 24.3 Å². The first kappa shape index (κ1) is 17.0. The van der Waals surface area contributed by atoms with Crippen LogP contribution in [0.15, 0.2) is 72.9 Å². The third kappa shape index (κ3) is 5.06. The maximum Gasteiger partial charge on any atom is 0.274 e. The van der Waals surface area contributed by atoms with Crippen LogP contribution in [0, 0.1) is 0 Å². The lowest BCUT2D eigenvalue weighted by molar-refractivity contribution is 0.102. The summed E-state index contributed by atoms with van der Waals surface area (Å²) in [4.78, 5) is 16.5. The van der Waals surface area contributed by atoms with Crippen molar-refractivity contribution < 1.29 is 4.79 Å². The summed E-state index contributed by atoms with van der Waals surface area (Å²) < 4.78 is 0. The average Bonchev–Trinajstić information content (AvgIpc) is 2.65. The second-order valence-corrected chi connectivity index (χ2v) is 5.99. The van der Waals surface area contributed by atoms with Gasteiger partial charge in [0.1, 0.15) is 5.69 Å². The van der Waals surface area contributed by atoms with Crippen molar-refractivity contribution in [3.63, 3.8) is 0 Å². The summed E-state index contributed by atoms with van der Waals surface area (Å²) in [5.74, 6) is -0.256. The van der Waals surface area contributed by atoms with Crippen LogP contribution in [0.4, 0.5) is 11.4 Å². The van der Waals surface area contributed by atoms with Crippen LogP contribution >= 0.6 is 11.6 Å². The molecule has 1 heterocycles. The van der Waals surface area contributed by atoms with Gasteiger partial charge in [0, 0.05) is 29.1 Å². The summed E-state index contributed by atoms with van der Waals surface area (Å²) in [6.45, 7) is 0.784. The maximum absolute atomic E-state index is 12.3. The molecule has 3 rings (SSSR count). The fourth-order valence-corrected chi connectivity index (χ4v) is 2.51. The normalized spacial score (nSPS) is 10.3. The Labute approximate surface area is 151 Å². The van der Waals surface area contributed by atoms with Crippen LogP contribution in [0.25, 0.3) is 0 Å². The fourth-order valence-electron chi connectivity index (χ4n) is 2.39. The van der Waals surface area contributed by atoms with Crippen molar-refractivity contribution in [2.24, 2.45) is 0 Å². The third-order valence-electron chi connectivity index (χ3n) is 3.68. The molecular formula is C20H18ClN3O. The molecule has 0 saturated carbocycles. The van der Waals surface area contributed by atoms with Gasteiger partial charge in [0.05, 0.1) is 0 Å². The Morgan fingerprint density at radius 3 is 2.48 bits per heavy atom. The van der Waals surface area contributed by atoms with Crippen LogP contribution in [-0.2, 0) is 6.42 Å². The number of pyridine rings is 1. The van der Waals surface area contributed by atoms with E-state index in [-0.39, 0.29) is 5.91 Å². The summed E-state index contributed by atoms with van der Waals surface area (Å²) in [7, 11) is 0. The number of halogens is 1. The number of carbonyl (C=O) groups is 1. The lowest BCUT2D eigenvalue weighted by atomic mass is 10.1. The molecule has 0 radical (unpaired) electrons. The number of nitrogens with zero attached hydrogens (tertiary/aromatic N) is 1. The van der Waals surface area contributed by atoms with Crippen LogP contribution < -0.4 is 10.6 Å². The first-order valence-corrected chi connectivity index (χ1v) is 8.39. The predicted octanol–water partition coefficient (Wildman–Crippen LogP) is 4.64. The number of carbonyl (C=O) groups excluding carboxylic acids is 1. The Morgan fingerprint density at radius 1 is 0.960 bits per heavy atom. The van der Waals surface area contributed by atoms with Crippen molar-refractivity contribution in [1.82, 2.24) is 4.98 Å².